The maximum atomic E-state index is 11.0. The molecule has 1 aromatic heterocycles. The average molecular weight is 449 g/mol. The molecule has 10 heteroatoms. The van der Waals surface area contributed by atoms with Gasteiger partial charge in [-0.2, -0.15) is 8.42 Å². The average Bonchev–Trinajstić information content (AvgIpc) is 3.16. The van der Waals surface area contributed by atoms with E-state index in [9.17, 15) is 13.5 Å². The SMILES string of the molecule is CC1(C)CC(Nc2cc(O[C@@H]3C[C@@H](COS(N)(=O)=O)[C@@H](O)C3)ncn2)c2ccccc21. The van der Waals surface area contributed by atoms with Crippen molar-refractivity contribution in [1.82, 2.24) is 9.97 Å². The molecule has 0 saturated heterocycles. The third kappa shape index (κ3) is 5.15. The summed E-state index contributed by atoms with van der Waals surface area (Å²) in [5.41, 5.74) is 2.69. The summed E-state index contributed by atoms with van der Waals surface area (Å²) >= 11 is 0. The maximum Gasteiger partial charge on any atom is 0.333 e. The zero-order chi connectivity index (χ0) is 22.2. The molecule has 1 saturated carbocycles. The third-order valence-electron chi connectivity index (χ3n) is 6.09. The van der Waals surface area contributed by atoms with E-state index in [1.54, 1.807) is 6.07 Å². The summed E-state index contributed by atoms with van der Waals surface area (Å²) in [4.78, 5) is 8.52. The summed E-state index contributed by atoms with van der Waals surface area (Å²) in [6.07, 6.45) is 2.15. The Labute approximate surface area is 182 Å². The second-order valence-corrected chi connectivity index (χ2v) is 10.2. The van der Waals surface area contributed by atoms with Gasteiger partial charge in [0.15, 0.2) is 0 Å². The second-order valence-electron chi connectivity index (χ2n) is 8.93. The van der Waals surface area contributed by atoms with Crippen molar-refractivity contribution in [3.8, 4) is 5.88 Å². The van der Waals surface area contributed by atoms with Crippen molar-refractivity contribution in [2.75, 3.05) is 11.9 Å². The van der Waals surface area contributed by atoms with E-state index in [2.05, 4.69) is 51.5 Å². The highest BCUT2D eigenvalue weighted by molar-refractivity contribution is 7.84. The smallest absolute Gasteiger partial charge is 0.333 e. The van der Waals surface area contributed by atoms with Gasteiger partial charge in [0.2, 0.25) is 5.88 Å². The number of hydrogen-bond donors (Lipinski definition) is 3. The molecule has 2 aromatic rings. The van der Waals surface area contributed by atoms with Crippen molar-refractivity contribution >= 4 is 16.1 Å². The molecule has 0 aliphatic heterocycles. The number of nitrogens with one attached hydrogen (secondary N) is 1. The summed E-state index contributed by atoms with van der Waals surface area (Å²) < 4.78 is 32.5. The molecule has 1 unspecified atom stereocenters. The molecule has 0 spiro atoms. The Morgan fingerprint density at radius 3 is 2.81 bits per heavy atom. The van der Waals surface area contributed by atoms with Crippen LogP contribution in [0.1, 0.15) is 50.3 Å². The molecule has 1 fully saturated rings. The number of aliphatic hydroxyl groups excluding tert-OH is 1. The van der Waals surface area contributed by atoms with Gasteiger partial charge in [0.1, 0.15) is 18.2 Å². The number of ether oxygens (including phenoxy) is 1. The Morgan fingerprint density at radius 2 is 2.03 bits per heavy atom. The van der Waals surface area contributed by atoms with Gasteiger partial charge in [-0.05, 0) is 29.4 Å². The fraction of sp³-hybridized carbons (Fsp3) is 0.524. The van der Waals surface area contributed by atoms with Crippen LogP contribution >= 0.6 is 0 Å². The number of hydrogen-bond acceptors (Lipinski definition) is 8. The van der Waals surface area contributed by atoms with Gasteiger partial charge >= 0.3 is 10.3 Å². The quantitative estimate of drug-likeness (QED) is 0.585. The normalized spacial score (nSPS) is 27.1. The Morgan fingerprint density at radius 1 is 1.26 bits per heavy atom. The molecule has 4 N–H and O–H groups in total. The summed E-state index contributed by atoms with van der Waals surface area (Å²) in [7, 11) is -4.04. The van der Waals surface area contributed by atoms with Crippen LogP contribution < -0.4 is 15.2 Å². The highest BCUT2D eigenvalue weighted by Gasteiger charge is 2.37. The van der Waals surface area contributed by atoms with Gasteiger partial charge in [0.05, 0.1) is 18.8 Å². The molecule has 0 radical (unpaired) electrons. The summed E-state index contributed by atoms with van der Waals surface area (Å²) in [6.45, 7) is 4.31. The highest BCUT2D eigenvalue weighted by atomic mass is 32.2. The lowest BCUT2D eigenvalue weighted by molar-refractivity contribution is 0.0986. The van der Waals surface area contributed by atoms with Crippen molar-refractivity contribution in [1.29, 1.82) is 0 Å². The van der Waals surface area contributed by atoms with Crippen molar-refractivity contribution in [3.05, 3.63) is 47.8 Å². The molecule has 4 atom stereocenters. The first-order valence-corrected chi connectivity index (χ1v) is 11.8. The van der Waals surface area contributed by atoms with E-state index in [0.29, 0.717) is 24.5 Å². The lowest BCUT2D eigenvalue weighted by Crippen LogP contribution is -2.24. The van der Waals surface area contributed by atoms with Gasteiger partial charge in [-0.1, -0.05) is 38.1 Å². The van der Waals surface area contributed by atoms with E-state index in [1.165, 1.54) is 17.5 Å². The number of fused-ring (bicyclic) bond motifs is 1. The first kappa shape index (κ1) is 21.9. The first-order valence-electron chi connectivity index (χ1n) is 10.3. The summed E-state index contributed by atoms with van der Waals surface area (Å²) in [6, 6.07) is 10.3. The van der Waals surface area contributed by atoms with Crippen LogP contribution in [0.3, 0.4) is 0 Å². The van der Waals surface area contributed by atoms with Crippen LogP contribution in [-0.2, 0) is 19.9 Å². The Bertz CT molecular complexity index is 1050. The van der Waals surface area contributed by atoms with Gasteiger partial charge in [-0.25, -0.2) is 15.1 Å². The number of anilines is 1. The largest absolute Gasteiger partial charge is 0.474 e. The molecule has 31 heavy (non-hydrogen) atoms. The van der Waals surface area contributed by atoms with Crippen LogP contribution in [0, 0.1) is 5.92 Å². The number of nitrogens with two attached hydrogens (primary N) is 1. The monoisotopic (exact) mass is 448 g/mol. The topological polar surface area (TPSA) is 137 Å². The Hall–Kier alpha value is -2.27. The molecule has 0 bridgehead atoms. The van der Waals surface area contributed by atoms with E-state index in [0.717, 1.165) is 6.42 Å². The zero-order valence-corrected chi connectivity index (χ0v) is 18.4. The third-order valence-corrected chi connectivity index (χ3v) is 6.56. The molecule has 168 valence electrons. The van der Waals surface area contributed by atoms with Gasteiger partial charge in [0.25, 0.3) is 0 Å². The molecule has 0 amide bonds. The molecule has 2 aliphatic rings. The minimum absolute atomic E-state index is 0.0781. The zero-order valence-electron chi connectivity index (χ0n) is 17.6. The number of benzene rings is 1. The second kappa shape index (κ2) is 8.34. The molecule has 9 nitrogen and oxygen atoms in total. The van der Waals surface area contributed by atoms with E-state index >= 15 is 0 Å². The maximum absolute atomic E-state index is 11.0. The van der Waals surface area contributed by atoms with Crippen LogP contribution in [-0.4, -0.2) is 42.3 Å². The number of aliphatic hydroxyl groups is 1. The summed E-state index contributed by atoms with van der Waals surface area (Å²) in [5.74, 6) is 0.684. The molecular formula is C21H28N4O5S. The fourth-order valence-electron chi connectivity index (χ4n) is 4.62. The lowest BCUT2D eigenvalue weighted by Gasteiger charge is -2.20. The number of aromatic nitrogens is 2. The van der Waals surface area contributed by atoms with Crippen LogP contribution in [0.15, 0.2) is 36.7 Å². The van der Waals surface area contributed by atoms with Crippen LogP contribution in [0.4, 0.5) is 5.82 Å². The van der Waals surface area contributed by atoms with Gasteiger partial charge in [-0.15, -0.1) is 0 Å². The number of rotatable bonds is 7. The summed E-state index contributed by atoms with van der Waals surface area (Å²) in [5, 5.41) is 18.5. The van der Waals surface area contributed by atoms with Gasteiger partial charge in [-0.3, -0.25) is 4.18 Å². The van der Waals surface area contributed by atoms with Crippen molar-refractivity contribution in [2.45, 2.75) is 56.8 Å². The van der Waals surface area contributed by atoms with Gasteiger partial charge < -0.3 is 15.2 Å². The first-order chi connectivity index (χ1) is 14.6. The lowest BCUT2D eigenvalue weighted by atomic mass is 9.86. The molecule has 1 heterocycles. The molecule has 2 aliphatic carbocycles. The standard InChI is InChI=1S/C21H28N4O5S/c1-21(2)10-17(15-5-3-4-6-16(15)21)25-19-9-20(24-12-23-19)30-14-7-13(18(26)8-14)11-29-31(22,27)28/h3-6,9,12-14,17-18,26H,7-8,10-11H2,1-2H3,(H2,22,27,28)(H,23,24,25)/t13-,14+,17?,18-/m0/s1. The fourth-order valence-corrected chi connectivity index (χ4v) is 4.98. The van der Waals surface area contributed by atoms with Crippen LogP contribution in [0.25, 0.3) is 0 Å². The van der Waals surface area contributed by atoms with Crippen molar-refractivity contribution in [2.24, 2.45) is 11.1 Å². The number of nitrogens with zero attached hydrogens (tertiary/aromatic N) is 2. The Kier molecular flexibility index (Phi) is 5.91. The molecule has 4 rings (SSSR count). The minimum Gasteiger partial charge on any atom is -0.474 e. The highest BCUT2D eigenvalue weighted by Crippen LogP contribution is 2.45. The van der Waals surface area contributed by atoms with Crippen LogP contribution in [0.5, 0.6) is 5.88 Å². The van der Waals surface area contributed by atoms with E-state index in [1.807, 2.05) is 6.07 Å². The van der Waals surface area contributed by atoms with E-state index in [4.69, 9.17) is 9.88 Å². The van der Waals surface area contributed by atoms with Gasteiger partial charge in [0, 0.05) is 18.4 Å². The molecule has 1 aromatic carbocycles. The van der Waals surface area contributed by atoms with E-state index in [-0.39, 0.29) is 30.1 Å². The molecular weight excluding hydrogens is 420 g/mol. The van der Waals surface area contributed by atoms with Crippen molar-refractivity contribution < 1.29 is 22.4 Å². The predicted molar refractivity (Wildman–Crippen MR) is 115 cm³/mol. The van der Waals surface area contributed by atoms with Crippen LogP contribution in [0.2, 0.25) is 0 Å². The predicted octanol–water partition coefficient (Wildman–Crippen LogP) is 2.05. The Balaban J connectivity index is 1.40. The van der Waals surface area contributed by atoms with Crippen molar-refractivity contribution in [3.63, 3.8) is 0 Å². The van der Waals surface area contributed by atoms with E-state index < -0.39 is 16.4 Å². The minimum atomic E-state index is -4.04.